The summed E-state index contributed by atoms with van der Waals surface area (Å²) in [6, 6.07) is 54.1. The van der Waals surface area contributed by atoms with Gasteiger partial charge in [0.1, 0.15) is 23.3 Å². The quantitative estimate of drug-likeness (QED) is 0.177. The monoisotopic (exact) mass is 720 g/mol. The Bertz CT molecular complexity index is 3060. The standard InChI is InChI=1S/C50H36N6/c1-30-13-5-7-15-37(30)34-21-23-41-39-17-9-11-19-44(39)55(46(41)25-34)48-27-36(50-53-32(3)52-33(4)54-50)28-49(43(48)29-51)56-45-20-12-10-18-40(45)42-24-22-35(26-47(42)56)38-16-8-6-14-31(38)2/h5-28H,1-4H3. The first-order valence-electron chi connectivity index (χ1n) is 18.8. The van der Waals surface area contributed by atoms with Gasteiger partial charge in [0.15, 0.2) is 5.82 Å². The second kappa shape index (κ2) is 12.9. The summed E-state index contributed by atoms with van der Waals surface area (Å²) in [4.78, 5) is 14.2. The Morgan fingerprint density at radius 3 is 1.32 bits per heavy atom. The van der Waals surface area contributed by atoms with Crippen LogP contribution < -0.4 is 0 Å². The van der Waals surface area contributed by atoms with E-state index in [1.807, 2.05) is 13.8 Å². The first-order valence-corrected chi connectivity index (χ1v) is 18.8. The van der Waals surface area contributed by atoms with Crippen LogP contribution in [0.1, 0.15) is 28.3 Å². The molecule has 10 rings (SSSR count). The van der Waals surface area contributed by atoms with Crippen molar-refractivity contribution in [3.8, 4) is 51.1 Å². The van der Waals surface area contributed by atoms with Crippen molar-refractivity contribution in [3.05, 3.63) is 174 Å². The van der Waals surface area contributed by atoms with Crippen LogP contribution in [0.4, 0.5) is 0 Å². The van der Waals surface area contributed by atoms with Gasteiger partial charge in [-0.05, 0) is 97.5 Å². The smallest absolute Gasteiger partial charge is 0.163 e. The Kier molecular flexibility index (Phi) is 7.65. The highest BCUT2D eigenvalue weighted by Gasteiger charge is 2.24. The second-order valence-corrected chi connectivity index (χ2v) is 14.6. The van der Waals surface area contributed by atoms with E-state index in [-0.39, 0.29) is 0 Å². The highest BCUT2D eigenvalue weighted by atomic mass is 15.0. The molecule has 0 N–H and O–H groups in total. The summed E-state index contributed by atoms with van der Waals surface area (Å²) >= 11 is 0. The number of hydrogen-bond acceptors (Lipinski definition) is 4. The maximum Gasteiger partial charge on any atom is 0.163 e. The summed E-state index contributed by atoms with van der Waals surface area (Å²) in [6.45, 7) is 8.08. The van der Waals surface area contributed by atoms with Gasteiger partial charge in [-0.15, -0.1) is 0 Å². The fourth-order valence-electron chi connectivity index (χ4n) is 8.54. The van der Waals surface area contributed by atoms with E-state index in [4.69, 9.17) is 9.97 Å². The van der Waals surface area contributed by atoms with Crippen molar-refractivity contribution >= 4 is 43.6 Å². The largest absolute Gasteiger partial charge is 0.308 e. The molecule has 0 fully saturated rings. The summed E-state index contributed by atoms with van der Waals surface area (Å²) in [7, 11) is 0. The van der Waals surface area contributed by atoms with Gasteiger partial charge in [0.25, 0.3) is 0 Å². The van der Waals surface area contributed by atoms with E-state index in [2.05, 4.69) is 180 Å². The number of para-hydroxylation sites is 2. The van der Waals surface area contributed by atoms with Crippen molar-refractivity contribution in [2.45, 2.75) is 27.7 Å². The molecule has 3 heterocycles. The van der Waals surface area contributed by atoms with Crippen molar-refractivity contribution in [2.75, 3.05) is 0 Å². The molecule has 3 aromatic heterocycles. The van der Waals surface area contributed by atoms with Crippen LogP contribution in [0, 0.1) is 39.0 Å². The van der Waals surface area contributed by atoms with Crippen LogP contribution in [0.5, 0.6) is 0 Å². The highest BCUT2D eigenvalue weighted by molar-refractivity contribution is 6.12. The number of rotatable bonds is 5. The van der Waals surface area contributed by atoms with Gasteiger partial charge < -0.3 is 9.13 Å². The molecular weight excluding hydrogens is 685 g/mol. The molecule has 266 valence electrons. The van der Waals surface area contributed by atoms with Gasteiger partial charge in [0.05, 0.1) is 33.4 Å². The molecule has 0 atom stereocenters. The van der Waals surface area contributed by atoms with Gasteiger partial charge in [0, 0.05) is 27.1 Å². The van der Waals surface area contributed by atoms with Gasteiger partial charge in [-0.2, -0.15) is 5.26 Å². The zero-order chi connectivity index (χ0) is 38.1. The number of fused-ring (bicyclic) bond motifs is 6. The lowest BCUT2D eigenvalue weighted by Gasteiger charge is -2.18. The lowest BCUT2D eigenvalue weighted by Crippen LogP contribution is -2.07. The van der Waals surface area contributed by atoms with Crippen molar-refractivity contribution in [1.29, 1.82) is 5.26 Å². The molecule has 0 saturated carbocycles. The predicted octanol–water partition coefficient (Wildman–Crippen LogP) is 12.2. The fourth-order valence-corrected chi connectivity index (χ4v) is 8.54. The summed E-state index contributed by atoms with van der Waals surface area (Å²) in [6.07, 6.45) is 0. The Balaban J connectivity index is 1.36. The van der Waals surface area contributed by atoms with Gasteiger partial charge >= 0.3 is 0 Å². The second-order valence-electron chi connectivity index (χ2n) is 14.6. The lowest BCUT2D eigenvalue weighted by molar-refractivity contribution is 0.927. The summed E-state index contributed by atoms with van der Waals surface area (Å²) < 4.78 is 4.51. The third-order valence-corrected chi connectivity index (χ3v) is 11.1. The Morgan fingerprint density at radius 2 is 0.857 bits per heavy atom. The highest BCUT2D eigenvalue weighted by Crippen LogP contribution is 2.41. The predicted molar refractivity (Wildman–Crippen MR) is 228 cm³/mol. The molecule has 7 aromatic carbocycles. The number of benzene rings is 7. The Labute approximate surface area is 324 Å². The first-order chi connectivity index (χ1) is 27.4. The minimum atomic E-state index is 0.546. The van der Waals surface area contributed by atoms with Crippen molar-refractivity contribution in [2.24, 2.45) is 0 Å². The van der Waals surface area contributed by atoms with Crippen LogP contribution in [0.15, 0.2) is 146 Å². The van der Waals surface area contributed by atoms with E-state index in [0.29, 0.717) is 23.0 Å². The average molecular weight is 721 g/mol. The lowest BCUT2D eigenvalue weighted by atomic mass is 9.99. The molecule has 0 bridgehead atoms. The van der Waals surface area contributed by atoms with Gasteiger partial charge in [-0.1, -0.05) is 109 Å². The normalized spacial score (nSPS) is 11.6. The molecular formula is C50H36N6. The molecule has 0 aliphatic heterocycles. The van der Waals surface area contributed by atoms with E-state index < -0.39 is 0 Å². The number of hydrogen-bond donors (Lipinski definition) is 0. The van der Waals surface area contributed by atoms with E-state index in [1.54, 1.807) is 0 Å². The molecule has 10 aromatic rings. The molecule has 56 heavy (non-hydrogen) atoms. The molecule has 0 amide bonds. The third kappa shape index (κ3) is 5.20. The molecule has 0 saturated heterocycles. The molecule has 0 unspecified atom stereocenters. The Morgan fingerprint density at radius 1 is 0.429 bits per heavy atom. The summed E-state index contributed by atoms with van der Waals surface area (Å²) in [5.74, 6) is 1.84. The maximum absolute atomic E-state index is 11.5. The van der Waals surface area contributed by atoms with E-state index >= 15 is 0 Å². The molecule has 0 radical (unpaired) electrons. The average Bonchev–Trinajstić information content (AvgIpc) is 3.72. The number of nitriles is 1. The van der Waals surface area contributed by atoms with Crippen LogP contribution in [0.2, 0.25) is 0 Å². The van der Waals surface area contributed by atoms with Crippen LogP contribution in [0.3, 0.4) is 0 Å². The SMILES string of the molecule is Cc1nc(C)nc(-c2cc(-n3c4ccccc4c4ccc(-c5ccccc5C)cc43)c(C#N)c(-n3c4ccccc4c4ccc(-c5ccccc5C)cc43)c2)n1. The van der Waals surface area contributed by atoms with Crippen molar-refractivity contribution in [1.82, 2.24) is 24.1 Å². The van der Waals surface area contributed by atoms with Gasteiger partial charge in [0.2, 0.25) is 0 Å². The topological polar surface area (TPSA) is 72.3 Å². The minimum Gasteiger partial charge on any atom is -0.308 e. The number of aromatic nitrogens is 5. The van der Waals surface area contributed by atoms with Gasteiger partial charge in [-0.25, -0.2) is 15.0 Å². The minimum absolute atomic E-state index is 0.546. The van der Waals surface area contributed by atoms with E-state index in [0.717, 1.165) is 71.7 Å². The van der Waals surface area contributed by atoms with E-state index in [1.165, 1.54) is 22.3 Å². The number of aryl methyl sites for hydroxylation is 4. The molecule has 0 aliphatic carbocycles. The molecule has 6 heteroatoms. The van der Waals surface area contributed by atoms with Gasteiger partial charge in [-0.3, -0.25) is 0 Å². The summed E-state index contributed by atoms with van der Waals surface area (Å²) in [5, 5.41) is 15.9. The molecule has 0 spiro atoms. The zero-order valence-electron chi connectivity index (χ0n) is 31.5. The van der Waals surface area contributed by atoms with Crippen LogP contribution >= 0.6 is 0 Å². The van der Waals surface area contributed by atoms with Crippen molar-refractivity contribution in [3.63, 3.8) is 0 Å². The van der Waals surface area contributed by atoms with Crippen LogP contribution in [-0.2, 0) is 0 Å². The zero-order valence-corrected chi connectivity index (χ0v) is 31.5. The molecule has 0 aliphatic rings. The first kappa shape index (κ1) is 33.2. The Hall–Kier alpha value is -7.36. The maximum atomic E-state index is 11.5. The summed E-state index contributed by atoms with van der Waals surface area (Å²) in [5.41, 5.74) is 13.9. The number of nitrogens with zero attached hydrogens (tertiary/aromatic N) is 6. The van der Waals surface area contributed by atoms with Crippen molar-refractivity contribution < 1.29 is 0 Å². The van der Waals surface area contributed by atoms with Crippen LogP contribution in [-0.4, -0.2) is 24.1 Å². The van der Waals surface area contributed by atoms with Crippen LogP contribution in [0.25, 0.3) is 88.6 Å². The van der Waals surface area contributed by atoms with E-state index in [9.17, 15) is 5.26 Å². The fraction of sp³-hybridized carbons (Fsp3) is 0.0800. The third-order valence-electron chi connectivity index (χ3n) is 11.1. The molecule has 6 nitrogen and oxygen atoms in total.